The average molecular weight is 222 g/mol. The van der Waals surface area contributed by atoms with Crippen molar-refractivity contribution in [2.45, 2.75) is 26.3 Å². The summed E-state index contributed by atoms with van der Waals surface area (Å²) in [6.45, 7) is 3.98. The fraction of sp³-hybridized carbons (Fsp3) is 0.500. The number of hydrogen-bond donors (Lipinski definition) is 1. The van der Waals surface area contributed by atoms with Gasteiger partial charge in [0.1, 0.15) is 5.75 Å². The molecule has 88 valence electrons. The van der Waals surface area contributed by atoms with Crippen LogP contribution in [0, 0.1) is 5.92 Å². The van der Waals surface area contributed by atoms with Gasteiger partial charge < -0.3 is 10.5 Å². The van der Waals surface area contributed by atoms with Gasteiger partial charge in [-0.25, -0.2) is 0 Å². The molecule has 0 aliphatic rings. The van der Waals surface area contributed by atoms with Gasteiger partial charge in [0.2, 0.25) is 0 Å². The molecule has 0 amide bonds. The van der Waals surface area contributed by atoms with Gasteiger partial charge in [0.25, 0.3) is 0 Å². The average Bonchev–Trinajstić information content (AvgIpc) is 2.36. The van der Waals surface area contributed by atoms with Gasteiger partial charge in [-0.2, -0.15) is 0 Å². The number of nitrogens with two attached hydrogens (primary N) is 1. The van der Waals surface area contributed by atoms with Crippen molar-refractivity contribution >= 4 is 5.78 Å². The third-order valence-electron chi connectivity index (χ3n) is 2.79. The van der Waals surface area contributed by atoms with Crippen LogP contribution in [0.15, 0.2) is 18.5 Å². The van der Waals surface area contributed by atoms with Crippen LogP contribution in [0.5, 0.6) is 5.75 Å². The highest BCUT2D eigenvalue weighted by Crippen LogP contribution is 2.15. The lowest BCUT2D eigenvalue weighted by Crippen LogP contribution is -2.36. The van der Waals surface area contributed by atoms with E-state index in [4.69, 9.17) is 10.5 Å². The molecule has 16 heavy (non-hydrogen) atoms. The van der Waals surface area contributed by atoms with Gasteiger partial charge in [-0.1, -0.05) is 20.3 Å². The number of methoxy groups -OCH3 is 1. The van der Waals surface area contributed by atoms with Crippen LogP contribution >= 0.6 is 0 Å². The Labute approximate surface area is 95.8 Å². The summed E-state index contributed by atoms with van der Waals surface area (Å²) in [5.41, 5.74) is 6.38. The second-order valence-corrected chi connectivity index (χ2v) is 3.89. The topological polar surface area (TPSA) is 65.2 Å². The smallest absolute Gasteiger partial charge is 0.181 e. The first-order chi connectivity index (χ1) is 7.60. The highest BCUT2D eigenvalue weighted by molar-refractivity contribution is 6.00. The third-order valence-corrected chi connectivity index (χ3v) is 2.79. The molecule has 0 saturated carbocycles. The molecule has 2 atom stereocenters. The Kier molecular flexibility index (Phi) is 4.43. The first-order valence-corrected chi connectivity index (χ1v) is 5.39. The maximum Gasteiger partial charge on any atom is 0.181 e. The van der Waals surface area contributed by atoms with Crippen LogP contribution in [-0.4, -0.2) is 23.9 Å². The minimum absolute atomic E-state index is 0.0826. The summed E-state index contributed by atoms with van der Waals surface area (Å²) in [6, 6.07) is 1.19. The molecule has 1 aromatic rings. The summed E-state index contributed by atoms with van der Waals surface area (Å²) in [6.07, 6.45) is 3.96. The van der Waals surface area contributed by atoms with Crippen LogP contribution in [0.4, 0.5) is 0 Å². The predicted octanol–water partition coefficient (Wildman–Crippen LogP) is 1.65. The van der Waals surface area contributed by atoms with Gasteiger partial charge in [-0.3, -0.25) is 9.78 Å². The number of nitrogens with zero attached hydrogens (tertiary/aromatic N) is 1. The zero-order valence-corrected chi connectivity index (χ0v) is 9.93. The van der Waals surface area contributed by atoms with Crippen molar-refractivity contribution in [3.63, 3.8) is 0 Å². The van der Waals surface area contributed by atoms with E-state index >= 15 is 0 Å². The third kappa shape index (κ3) is 2.79. The molecule has 1 heterocycles. The monoisotopic (exact) mass is 222 g/mol. The molecule has 1 aromatic heterocycles. The van der Waals surface area contributed by atoms with Crippen LogP contribution < -0.4 is 10.5 Å². The highest BCUT2D eigenvalue weighted by atomic mass is 16.5. The Morgan fingerprint density at radius 1 is 1.56 bits per heavy atom. The van der Waals surface area contributed by atoms with Crippen molar-refractivity contribution in [3.05, 3.63) is 24.0 Å². The van der Waals surface area contributed by atoms with E-state index in [0.29, 0.717) is 11.3 Å². The first kappa shape index (κ1) is 12.6. The molecule has 4 nitrogen and oxygen atoms in total. The Balaban J connectivity index is 2.87. The highest BCUT2D eigenvalue weighted by Gasteiger charge is 2.21. The Morgan fingerprint density at radius 2 is 2.25 bits per heavy atom. The summed E-state index contributed by atoms with van der Waals surface area (Å²) in [7, 11) is 1.54. The fourth-order valence-corrected chi connectivity index (χ4v) is 1.37. The molecule has 0 saturated heterocycles. The van der Waals surface area contributed by atoms with E-state index in [2.05, 4.69) is 4.98 Å². The SMILES string of the molecule is CCC(C)C(N)C(=O)c1cncc(OC)c1. The van der Waals surface area contributed by atoms with Crippen molar-refractivity contribution in [1.29, 1.82) is 0 Å². The van der Waals surface area contributed by atoms with Crippen molar-refractivity contribution in [1.82, 2.24) is 4.98 Å². The van der Waals surface area contributed by atoms with E-state index in [-0.39, 0.29) is 11.7 Å². The van der Waals surface area contributed by atoms with Crippen LogP contribution in [0.3, 0.4) is 0 Å². The van der Waals surface area contributed by atoms with Gasteiger partial charge in [-0.05, 0) is 12.0 Å². The van der Waals surface area contributed by atoms with Crippen LogP contribution in [0.25, 0.3) is 0 Å². The van der Waals surface area contributed by atoms with Crippen molar-refractivity contribution in [2.24, 2.45) is 11.7 Å². The number of hydrogen-bond acceptors (Lipinski definition) is 4. The van der Waals surface area contributed by atoms with E-state index in [9.17, 15) is 4.79 Å². The van der Waals surface area contributed by atoms with Gasteiger partial charge >= 0.3 is 0 Å². The molecule has 0 spiro atoms. The summed E-state index contributed by atoms with van der Waals surface area (Å²) < 4.78 is 5.02. The zero-order valence-electron chi connectivity index (χ0n) is 9.93. The van der Waals surface area contributed by atoms with Crippen molar-refractivity contribution < 1.29 is 9.53 Å². The Morgan fingerprint density at radius 3 is 2.81 bits per heavy atom. The normalized spacial score (nSPS) is 14.2. The lowest BCUT2D eigenvalue weighted by atomic mass is 9.93. The van der Waals surface area contributed by atoms with Crippen LogP contribution in [0.2, 0.25) is 0 Å². The van der Waals surface area contributed by atoms with Crippen molar-refractivity contribution in [3.8, 4) is 5.75 Å². The number of rotatable bonds is 5. The molecule has 0 aromatic carbocycles. The Hall–Kier alpha value is -1.42. The molecule has 2 N–H and O–H groups in total. The molecular formula is C12H18N2O2. The standard InChI is InChI=1S/C12H18N2O2/c1-4-8(2)11(13)12(15)9-5-10(16-3)7-14-6-9/h5-8,11H,4,13H2,1-3H3. The number of carbonyl (C=O) groups is 1. The molecule has 2 unspecified atom stereocenters. The van der Waals surface area contributed by atoms with Gasteiger partial charge in [0.15, 0.2) is 5.78 Å². The van der Waals surface area contributed by atoms with Crippen LogP contribution in [0.1, 0.15) is 30.6 Å². The lowest BCUT2D eigenvalue weighted by molar-refractivity contribution is 0.0934. The molecule has 0 bridgehead atoms. The van der Waals surface area contributed by atoms with Gasteiger partial charge in [0, 0.05) is 11.8 Å². The summed E-state index contributed by atoms with van der Waals surface area (Å²) in [5, 5.41) is 0. The van der Waals surface area contributed by atoms with E-state index in [1.54, 1.807) is 19.4 Å². The Bertz CT molecular complexity index is 366. The largest absolute Gasteiger partial charge is 0.495 e. The molecule has 1 rings (SSSR count). The molecule has 4 heteroatoms. The molecule has 0 radical (unpaired) electrons. The number of ketones is 1. The number of pyridine rings is 1. The van der Waals surface area contributed by atoms with E-state index in [1.165, 1.54) is 6.20 Å². The maximum atomic E-state index is 12.0. The second kappa shape index (κ2) is 5.61. The summed E-state index contributed by atoms with van der Waals surface area (Å²) >= 11 is 0. The zero-order chi connectivity index (χ0) is 12.1. The molecule has 0 aliphatic heterocycles. The second-order valence-electron chi connectivity index (χ2n) is 3.89. The summed E-state index contributed by atoms with van der Waals surface area (Å²) in [5.74, 6) is 0.654. The van der Waals surface area contributed by atoms with E-state index in [0.717, 1.165) is 6.42 Å². The molecule has 0 aliphatic carbocycles. The molecular weight excluding hydrogens is 204 g/mol. The molecule has 0 fully saturated rings. The predicted molar refractivity (Wildman–Crippen MR) is 62.5 cm³/mol. The van der Waals surface area contributed by atoms with Crippen molar-refractivity contribution in [2.75, 3.05) is 7.11 Å². The summed E-state index contributed by atoms with van der Waals surface area (Å²) in [4.78, 5) is 15.9. The van der Waals surface area contributed by atoms with E-state index in [1.807, 2.05) is 13.8 Å². The van der Waals surface area contributed by atoms with Gasteiger partial charge in [-0.15, -0.1) is 0 Å². The maximum absolute atomic E-state index is 12.0. The van der Waals surface area contributed by atoms with E-state index < -0.39 is 6.04 Å². The number of Topliss-reactive ketones (excluding diaryl/α,β-unsaturated/α-hetero) is 1. The first-order valence-electron chi connectivity index (χ1n) is 5.39. The number of carbonyl (C=O) groups excluding carboxylic acids is 1. The fourth-order valence-electron chi connectivity index (χ4n) is 1.37. The number of aromatic nitrogens is 1. The van der Waals surface area contributed by atoms with Crippen LogP contribution in [-0.2, 0) is 0 Å². The lowest BCUT2D eigenvalue weighted by Gasteiger charge is -2.16. The number of ether oxygens (including phenoxy) is 1. The quantitative estimate of drug-likeness (QED) is 0.769. The minimum atomic E-state index is -0.473. The minimum Gasteiger partial charge on any atom is -0.495 e. The van der Waals surface area contributed by atoms with Gasteiger partial charge in [0.05, 0.1) is 19.3 Å².